The lowest BCUT2D eigenvalue weighted by Crippen LogP contribution is -2.32. The molecule has 5 heteroatoms. The second kappa shape index (κ2) is 6.84. The summed E-state index contributed by atoms with van der Waals surface area (Å²) < 4.78 is 5.06. The molecule has 0 aromatic heterocycles. The Balaban J connectivity index is 2.56. The van der Waals surface area contributed by atoms with Crippen LogP contribution >= 0.6 is 11.6 Å². The Hall–Kier alpha value is -2.17. The van der Waals surface area contributed by atoms with Gasteiger partial charge in [-0.05, 0) is 39.0 Å². The van der Waals surface area contributed by atoms with E-state index >= 15 is 0 Å². The summed E-state index contributed by atoms with van der Waals surface area (Å²) in [5.74, 6) is 5.61. The zero-order valence-corrected chi connectivity index (χ0v) is 12.3. The number of nitrogens with one attached hydrogen (secondary N) is 1. The minimum Gasteiger partial charge on any atom is -0.444 e. The normalized spacial score (nSPS) is 9.95. The van der Waals surface area contributed by atoms with E-state index in [2.05, 4.69) is 17.2 Å². The van der Waals surface area contributed by atoms with Crippen molar-refractivity contribution in [3.63, 3.8) is 0 Å². The van der Waals surface area contributed by atoms with Crippen LogP contribution in [-0.4, -0.2) is 18.2 Å². The fourth-order valence-electron chi connectivity index (χ4n) is 1.27. The maximum absolute atomic E-state index is 11.4. The third-order valence-electron chi connectivity index (χ3n) is 2.04. The number of ether oxygens (including phenoxy) is 1. The number of carbonyl (C=O) groups is 1. The van der Waals surface area contributed by atoms with Crippen molar-refractivity contribution in [1.29, 1.82) is 5.26 Å². The van der Waals surface area contributed by atoms with Crippen molar-refractivity contribution in [3.8, 4) is 17.9 Å². The first-order valence-electron chi connectivity index (χ1n) is 5.97. The van der Waals surface area contributed by atoms with E-state index in [1.807, 2.05) is 6.07 Å². The smallest absolute Gasteiger partial charge is 0.408 e. The topological polar surface area (TPSA) is 62.1 Å². The Kier molecular flexibility index (Phi) is 5.43. The fraction of sp³-hybridized carbons (Fsp3) is 0.333. The first-order chi connectivity index (χ1) is 9.31. The number of hydrogen-bond donors (Lipinski definition) is 1. The second-order valence-corrected chi connectivity index (χ2v) is 5.37. The van der Waals surface area contributed by atoms with Crippen molar-refractivity contribution in [2.24, 2.45) is 0 Å². The predicted molar refractivity (Wildman–Crippen MR) is 77.3 cm³/mol. The molecular weight excluding hydrogens is 276 g/mol. The molecule has 0 radical (unpaired) electrons. The molecule has 0 spiro atoms. The Morgan fingerprint density at radius 3 is 2.75 bits per heavy atom. The van der Waals surface area contributed by atoms with Gasteiger partial charge in [-0.15, -0.1) is 0 Å². The third kappa shape index (κ3) is 5.65. The second-order valence-electron chi connectivity index (χ2n) is 4.96. The molecule has 1 aromatic rings. The monoisotopic (exact) mass is 290 g/mol. The summed E-state index contributed by atoms with van der Waals surface area (Å²) in [4.78, 5) is 11.4. The summed E-state index contributed by atoms with van der Waals surface area (Å²) in [5, 5.41) is 11.8. The van der Waals surface area contributed by atoms with E-state index in [9.17, 15) is 4.79 Å². The SMILES string of the molecule is CC(C)(C)OC(=O)NCC#Cc1ccc(Cl)c(C#N)c1. The highest BCUT2D eigenvalue weighted by Crippen LogP contribution is 2.15. The van der Waals surface area contributed by atoms with Crippen LogP contribution in [0.25, 0.3) is 0 Å². The maximum atomic E-state index is 11.4. The molecule has 1 rings (SSSR count). The predicted octanol–water partition coefficient (Wildman–Crippen LogP) is 3.09. The lowest BCUT2D eigenvalue weighted by molar-refractivity contribution is 0.0535. The number of rotatable bonds is 1. The molecule has 0 bridgehead atoms. The van der Waals surface area contributed by atoms with Gasteiger partial charge < -0.3 is 10.1 Å². The summed E-state index contributed by atoms with van der Waals surface area (Å²) in [6, 6.07) is 6.91. The van der Waals surface area contributed by atoms with Crippen LogP contribution in [0.15, 0.2) is 18.2 Å². The van der Waals surface area contributed by atoms with Gasteiger partial charge in [0.15, 0.2) is 0 Å². The van der Waals surface area contributed by atoms with Crippen LogP contribution in [-0.2, 0) is 4.74 Å². The molecule has 1 N–H and O–H groups in total. The van der Waals surface area contributed by atoms with E-state index in [0.717, 1.165) is 0 Å². The number of amides is 1. The van der Waals surface area contributed by atoms with Crippen LogP contribution in [0.4, 0.5) is 4.79 Å². The molecule has 1 amide bonds. The molecule has 0 aliphatic rings. The molecule has 0 atom stereocenters. The van der Waals surface area contributed by atoms with Crippen LogP contribution in [0.3, 0.4) is 0 Å². The molecular formula is C15H15ClN2O2. The molecule has 0 fully saturated rings. The van der Waals surface area contributed by atoms with Crippen molar-refractivity contribution < 1.29 is 9.53 Å². The Labute approximate surface area is 123 Å². The number of halogens is 1. The van der Waals surface area contributed by atoms with E-state index in [4.69, 9.17) is 21.6 Å². The van der Waals surface area contributed by atoms with Crippen molar-refractivity contribution in [2.75, 3.05) is 6.54 Å². The van der Waals surface area contributed by atoms with E-state index in [-0.39, 0.29) is 6.54 Å². The van der Waals surface area contributed by atoms with E-state index in [0.29, 0.717) is 16.1 Å². The zero-order chi connectivity index (χ0) is 15.2. The average molecular weight is 291 g/mol. The van der Waals surface area contributed by atoms with Crippen LogP contribution in [0, 0.1) is 23.2 Å². The van der Waals surface area contributed by atoms with Crippen LogP contribution < -0.4 is 5.32 Å². The number of carbonyl (C=O) groups excluding carboxylic acids is 1. The fourth-order valence-corrected chi connectivity index (χ4v) is 1.43. The van der Waals surface area contributed by atoms with E-state index in [1.54, 1.807) is 39.0 Å². The Morgan fingerprint density at radius 1 is 1.45 bits per heavy atom. The zero-order valence-electron chi connectivity index (χ0n) is 11.6. The summed E-state index contributed by atoms with van der Waals surface area (Å²) >= 11 is 5.82. The van der Waals surface area contributed by atoms with Gasteiger partial charge in [0.1, 0.15) is 11.7 Å². The van der Waals surface area contributed by atoms with Gasteiger partial charge in [-0.2, -0.15) is 5.26 Å². The molecule has 0 saturated carbocycles. The summed E-state index contributed by atoms with van der Waals surface area (Å²) in [5.41, 5.74) is 0.505. The van der Waals surface area contributed by atoms with Gasteiger partial charge in [0.05, 0.1) is 17.1 Å². The lowest BCUT2D eigenvalue weighted by Gasteiger charge is -2.18. The molecule has 4 nitrogen and oxygen atoms in total. The molecule has 1 aromatic carbocycles. The number of nitriles is 1. The number of benzene rings is 1. The third-order valence-corrected chi connectivity index (χ3v) is 2.37. The molecule has 0 saturated heterocycles. The van der Waals surface area contributed by atoms with Gasteiger partial charge in [-0.25, -0.2) is 4.79 Å². The molecule has 0 heterocycles. The number of nitrogens with zero attached hydrogens (tertiary/aromatic N) is 1. The largest absolute Gasteiger partial charge is 0.444 e. The van der Waals surface area contributed by atoms with Crippen LogP contribution in [0.5, 0.6) is 0 Å². The van der Waals surface area contributed by atoms with E-state index in [1.165, 1.54) is 0 Å². The summed E-state index contributed by atoms with van der Waals surface area (Å²) in [6.07, 6.45) is -0.513. The molecule has 20 heavy (non-hydrogen) atoms. The van der Waals surface area contributed by atoms with Gasteiger partial charge in [-0.3, -0.25) is 0 Å². The van der Waals surface area contributed by atoms with Crippen molar-refractivity contribution >= 4 is 17.7 Å². The molecule has 0 aliphatic heterocycles. The van der Waals surface area contributed by atoms with Gasteiger partial charge in [-0.1, -0.05) is 23.4 Å². The molecule has 0 aliphatic carbocycles. The molecule has 104 valence electrons. The summed E-state index contributed by atoms with van der Waals surface area (Å²) in [6.45, 7) is 5.53. The average Bonchev–Trinajstić information content (AvgIpc) is 2.34. The van der Waals surface area contributed by atoms with Gasteiger partial charge in [0, 0.05) is 5.56 Å². The van der Waals surface area contributed by atoms with E-state index < -0.39 is 11.7 Å². The standard InChI is InChI=1S/C15H15ClN2O2/c1-15(2,3)20-14(19)18-8-4-5-11-6-7-13(16)12(9-11)10-17/h6-7,9H,8H2,1-3H3,(H,18,19). The van der Waals surface area contributed by atoms with Crippen LogP contribution in [0.2, 0.25) is 5.02 Å². The maximum Gasteiger partial charge on any atom is 0.408 e. The Bertz CT molecular complexity index is 601. The minimum absolute atomic E-state index is 0.166. The number of hydrogen-bond acceptors (Lipinski definition) is 3. The minimum atomic E-state index is -0.532. The van der Waals surface area contributed by atoms with Gasteiger partial charge in [0.2, 0.25) is 0 Å². The highest BCUT2D eigenvalue weighted by Gasteiger charge is 2.14. The Morgan fingerprint density at radius 2 is 2.15 bits per heavy atom. The highest BCUT2D eigenvalue weighted by molar-refractivity contribution is 6.31. The van der Waals surface area contributed by atoms with Gasteiger partial charge >= 0.3 is 6.09 Å². The van der Waals surface area contributed by atoms with Crippen LogP contribution in [0.1, 0.15) is 31.9 Å². The van der Waals surface area contributed by atoms with Crippen molar-refractivity contribution in [2.45, 2.75) is 26.4 Å². The summed E-state index contributed by atoms with van der Waals surface area (Å²) in [7, 11) is 0. The van der Waals surface area contributed by atoms with Crippen molar-refractivity contribution in [1.82, 2.24) is 5.32 Å². The first-order valence-corrected chi connectivity index (χ1v) is 6.35. The number of alkyl carbamates (subject to hydrolysis) is 1. The quantitative estimate of drug-likeness (QED) is 0.809. The van der Waals surface area contributed by atoms with Gasteiger partial charge in [0.25, 0.3) is 0 Å². The molecule has 0 unspecified atom stereocenters. The highest BCUT2D eigenvalue weighted by atomic mass is 35.5. The van der Waals surface area contributed by atoms with Crippen molar-refractivity contribution in [3.05, 3.63) is 34.3 Å². The lowest BCUT2D eigenvalue weighted by atomic mass is 10.1. The first kappa shape index (κ1) is 15.9.